The van der Waals surface area contributed by atoms with Crippen LogP contribution < -0.4 is 20.1 Å². The normalized spacial score (nSPS) is 22.2. The van der Waals surface area contributed by atoms with Gasteiger partial charge >= 0.3 is 0 Å². The minimum absolute atomic E-state index is 0.248. The van der Waals surface area contributed by atoms with Crippen molar-refractivity contribution in [3.05, 3.63) is 18.2 Å². The van der Waals surface area contributed by atoms with Gasteiger partial charge in [0.25, 0.3) is 0 Å². The molecule has 3 aliphatic rings. The molecule has 118 valence electrons. The minimum atomic E-state index is 0.248. The van der Waals surface area contributed by atoms with Crippen LogP contribution in [0.2, 0.25) is 0 Å². The fraction of sp³-hybridized carbons (Fsp3) is 0.588. The molecule has 0 amide bonds. The Kier molecular flexibility index (Phi) is 3.60. The van der Waals surface area contributed by atoms with Gasteiger partial charge in [-0.1, -0.05) is 12.8 Å². The van der Waals surface area contributed by atoms with Crippen LogP contribution in [-0.2, 0) is 0 Å². The highest BCUT2D eigenvalue weighted by Gasteiger charge is 2.47. The lowest BCUT2D eigenvalue weighted by molar-refractivity contribution is 0.171. The van der Waals surface area contributed by atoms with E-state index in [1.54, 1.807) is 0 Å². The van der Waals surface area contributed by atoms with E-state index in [-0.39, 0.29) is 5.54 Å². The Morgan fingerprint density at radius 2 is 1.82 bits per heavy atom. The lowest BCUT2D eigenvalue weighted by atomic mass is 9.91. The maximum Gasteiger partial charge on any atom is 0.171 e. The molecule has 2 aliphatic carbocycles. The van der Waals surface area contributed by atoms with Crippen LogP contribution in [-0.4, -0.2) is 23.9 Å². The van der Waals surface area contributed by atoms with Crippen molar-refractivity contribution in [1.82, 2.24) is 5.32 Å². The third-order valence-corrected chi connectivity index (χ3v) is 5.22. The molecule has 1 heterocycles. The fourth-order valence-electron chi connectivity index (χ4n) is 3.79. The Balaban J connectivity index is 1.43. The van der Waals surface area contributed by atoms with Gasteiger partial charge in [0.15, 0.2) is 16.6 Å². The van der Waals surface area contributed by atoms with E-state index in [0.29, 0.717) is 13.2 Å². The van der Waals surface area contributed by atoms with Gasteiger partial charge in [-0.15, -0.1) is 0 Å². The van der Waals surface area contributed by atoms with Gasteiger partial charge < -0.3 is 20.1 Å². The van der Waals surface area contributed by atoms with Gasteiger partial charge in [0.1, 0.15) is 13.2 Å². The summed E-state index contributed by atoms with van der Waals surface area (Å²) in [6.07, 6.45) is 7.83. The summed E-state index contributed by atoms with van der Waals surface area (Å²) in [5.74, 6) is 2.41. The second kappa shape index (κ2) is 5.61. The minimum Gasteiger partial charge on any atom is -0.486 e. The molecule has 0 saturated heterocycles. The third kappa shape index (κ3) is 2.74. The van der Waals surface area contributed by atoms with E-state index in [4.69, 9.17) is 21.7 Å². The van der Waals surface area contributed by atoms with Crippen LogP contribution in [0.3, 0.4) is 0 Å². The topological polar surface area (TPSA) is 42.5 Å². The quantitative estimate of drug-likeness (QED) is 0.836. The van der Waals surface area contributed by atoms with Crippen molar-refractivity contribution in [2.24, 2.45) is 5.92 Å². The summed E-state index contributed by atoms with van der Waals surface area (Å²) in [5.41, 5.74) is 1.20. The predicted octanol–water partition coefficient (Wildman–Crippen LogP) is 3.47. The number of rotatable bonds is 3. The highest BCUT2D eigenvalue weighted by atomic mass is 32.1. The van der Waals surface area contributed by atoms with Gasteiger partial charge in [-0.05, 0) is 56.0 Å². The number of hydrogen-bond acceptors (Lipinski definition) is 3. The molecule has 5 heteroatoms. The first-order valence-corrected chi connectivity index (χ1v) is 8.65. The number of fused-ring (bicyclic) bond motifs is 1. The second-order valence-electron chi connectivity index (χ2n) is 6.58. The van der Waals surface area contributed by atoms with E-state index in [2.05, 4.69) is 10.6 Å². The molecular weight excluding hydrogens is 296 g/mol. The number of nitrogens with one attached hydrogen (secondary N) is 2. The zero-order chi connectivity index (χ0) is 15.0. The Morgan fingerprint density at radius 1 is 1.09 bits per heavy atom. The summed E-state index contributed by atoms with van der Waals surface area (Å²) in [4.78, 5) is 0. The maximum absolute atomic E-state index is 5.62. The Morgan fingerprint density at radius 3 is 2.55 bits per heavy atom. The molecular formula is C17H22N2O2S. The molecule has 0 spiro atoms. The average Bonchev–Trinajstić information content (AvgIpc) is 3.29. The van der Waals surface area contributed by atoms with E-state index in [1.807, 2.05) is 18.2 Å². The third-order valence-electron chi connectivity index (χ3n) is 5.02. The maximum atomic E-state index is 5.62. The molecule has 4 nitrogen and oxygen atoms in total. The van der Waals surface area contributed by atoms with Crippen molar-refractivity contribution in [3.63, 3.8) is 0 Å². The molecule has 1 aromatic rings. The van der Waals surface area contributed by atoms with Crippen LogP contribution in [0.1, 0.15) is 38.5 Å². The first kappa shape index (κ1) is 14.1. The van der Waals surface area contributed by atoms with Crippen LogP contribution in [0.4, 0.5) is 5.69 Å². The van der Waals surface area contributed by atoms with Crippen LogP contribution in [0, 0.1) is 5.92 Å². The van der Waals surface area contributed by atoms with Gasteiger partial charge in [-0.3, -0.25) is 0 Å². The van der Waals surface area contributed by atoms with E-state index < -0.39 is 0 Å². The van der Waals surface area contributed by atoms with Crippen molar-refractivity contribution in [2.45, 2.75) is 44.1 Å². The Bertz CT molecular complexity index is 580. The molecule has 0 aromatic heterocycles. The highest BCUT2D eigenvalue weighted by Crippen LogP contribution is 2.48. The van der Waals surface area contributed by atoms with Crippen molar-refractivity contribution in [2.75, 3.05) is 18.5 Å². The summed E-state index contributed by atoms with van der Waals surface area (Å²) in [7, 11) is 0. The first-order valence-electron chi connectivity index (χ1n) is 8.24. The molecule has 0 radical (unpaired) electrons. The van der Waals surface area contributed by atoms with Crippen molar-refractivity contribution in [3.8, 4) is 11.5 Å². The molecule has 0 atom stereocenters. The number of thiocarbonyl (C=S) groups is 1. The standard InChI is InChI=1S/C17H22N2O2S/c22-16(19-17(12-3-4-12)7-1-2-8-17)18-13-5-6-14-15(11-13)21-10-9-20-14/h5-6,11-12H,1-4,7-10H2,(H2,18,19,22). The van der Waals surface area contributed by atoms with E-state index in [1.165, 1.54) is 38.5 Å². The predicted molar refractivity (Wildman–Crippen MR) is 90.7 cm³/mol. The molecule has 2 saturated carbocycles. The summed E-state index contributed by atoms with van der Waals surface area (Å²) < 4.78 is 11.2. The van der Waals surface area contributed by atoms with E-state index >= 15 is 0 Å². The lowest BCUT2D eigenvalue weighted by Crippen LogP contribution is -2.49. The SMILES string of the molecule is S=C(Nc1ccc2c(c1)OCCO2)NC1(C2CC2)CCCC1. The number of benzene rings is 1. The number of ether oxygens (including phenoxy) is 2. The van der Waals surface area contributed by atoms with Gasteiger partial charge in [0.2, 0.25) is 0 Å². The van der Waals surface area contributed by atoms with E-state index in [9.17, 15) is 0 Å². The van der Waals surface area contributed by atoms with Crippen LogP contribution in [0.25, 0.3) is 0 Å². The zero-order valence-electron chi connectivity index (χ0n) is 12.7. The van der Waals surface area contributed by atoms with Crippen LogP contribution in [0.15, 0.2) is 18.2 Å². The largest absolute Gasteiger partial charge is 0.486 e. The molecule has 2 N–H and O–H groups in total. The summed E-state index contributed by atoms with van der Waals surface area (Å²) >= 11 is 5.55. The molecule has 2 fully saturated rings. The zero-order valence-corrected chi connectivity index (χ0v) is 13.5. The van der Waals surface area contributed by atoms with Gasteiger partial charge in [-0.25, -0.2) is 0 Å². The lowest BCUT2D eigenvalue weighted by Gasteiger charge is -2.32. The fourth-order valence-corrected chi connectivity index (χ4v) is 4.11. The van der Waals surface area contributed by atoms with Gasteiger partial charge in [0, 0.05) is 17.3 Å². The van der Waals surface area contributed by atoms with Gasteiger partial charge in [-0.2, -0.15) is 0 Å². The molecule has 1 aliphatic heterocycles. The Labute approximate surface area is 136 Å². The van der Waals surface area contributed by atoms with Crippen molar-refractivity contribution < 1.29 is 9.47 Å². The number of hydrogen-bond donors (Lipinski definition) is 2. The van der Waals surface area contributed by atoms with Crippen LogP contribution in [0.5, 0.6) is 11.5 Å². The summed E-state index contributed by atoms with van der Waals surface area (Å²) in [5, 5.41) is 7.67. The molecule has 0 unspecified atom stereocenters. The molecule has 4 rings (SSSR count). The first-order chi connectivity index (χ1) is 10.8. The highest BCUT2D eigenvalue weighted by molar-refractivity contribution is 7.80. The summed E-state index contributed by atoms with van der Waals surface area (Å²) in [6, 6.07) is 5.88. The smallest absolute Gasteiger partial charge is 0.171 e. The van der Waals surface area contributed by atoms with Gasteiger partial charge in [0.05, 0.1) is 0 Å². The van der Waals surface area contributed by atoms with Crippen molar-refractivity contribution >= 4 is 23.0 Å². The second-order valence-corrected chi connectivity index (χ2v) is 6.98. The number of anilines is 1. The Hall–Kier alpha value is -1.49. The molecule has 0 bridgehead atoms. The average molecular weight is 318 g/mol. The molecule has 22 heavy (non-hydrogen) atoms. The van der Waals surface area contributed by atoms with Crippen molar-refractivity contribution in [1.29, 1.82) is 0 Å². The monoisotopic (exact) mass is 318 g/mol. The summed E-state index contributed by atoms with van der Waals surface area (Å²) in [6.45, 7) is 1.22. The van der Waals surface area contributed by atoms with Crippen LogP contribution >= 0.6 is 12.2 Å². The molecule has 1 aromatic carbocycles. The van der Waals surface area contributed by atoms with E-state index in [0.717, 1.165) is 28.2 Å².